The Morgan fingerprint density at radius 1 is 0.906 bits per heavy atom. The van der Waals surface area contributed by atoms with Crippen LogP contribution >= 0.6 is 0 Å². The standard InChI is InChI=1S/C26H22N4O2/c1-32-23-16-24(29-26(31)28-19-12-6-3-7-13-19)30-21-15-9-8-14-20(21)25(27-17-22(23)30)18-10-4-2-5-11-18/h2-16H,17H2,1H3,(H2,28,29,31). The van der Waals surface area contributed by atoms with Gasteiger partial charge in [0.2, 0.25) is 0 Å². The summed E-state index contributed by atoms with van der Waals surface area (Å²) in [6.07, 6.45) is 0. The van der Waals surface area contributed by atoms with E-state index in [2.05, 4.69) is 28.8 Å². The monoisotopic (exact) mass is 422 g/mol. The van der Waals surface area contributed by atoms with Crippen molar-refractivity contribution in [1.29, 1.82) is 0 Å². The van der Waals surface area contributed by atoms with Gasteiger partial charge in [-0.15, -0.1) is 0 Å². The third-order valence-electron chi connectivity index (χ3n) is 5.39. The lowest BCUT2D eigenvalue weighted by Crippen LogP contribution is -2.21. The van der Waals surface area contributed by atoms with Crippen LogP contribution in [0.1, 0.15) is 16.8 Å². The molecule has 4 aromatic rings. The first-order chi connectivity index (χ1) is 15.7. The van der Waals surface area contributed by atoms with Gasteiger partial charge in [-0.05, 0) is 18.2 Å². The smallest absolute Gasteiger partial charge is 0.324 e. The Morgan fingerprint density at radius 2 is 1.59 bits per heavy atom. The molecule has 0 unspecified atom stereocenters. The van der Waals surface area contributed by atoms with Gasteiger partial charge < -0.3 is 10.1 Å². The number of hydrogen-bond acceptors (Lipinski definition) is 3. The van der Waals surface area contributed by atoms with Crippen molar-refractivity contribution >= 4 is 23.2 Å². The second kappa shape index (κ2) is 8.43. The molecular formula is C26H22N4O2. The molecule has 0 saturated heterocycles. The number of anilines is 2. The highest BCUT2D eigenvalue weighted by Crippen LogP contribution is 2.36. The van der Waals surface area contributed by atoms with Crippen LogP contribution in [0.5, 0.6) is 5.75 Å². The number of hydrogen-bond donors (Lipinski definition) is 2. The molecule has 2 heterocycles. The van der Waals surface area contributed by atoms with Crippen LogP contribution in [0.15, 0.2) is 96.0 Å². The summed E-state index contributed by atoms with van der Waals surface area (Å²) in [5.41, 5.74) is 5.46. The fraction of sp³-hybridized carbons (Fsp3) is 0.0769. The molecule has 1 aromatic heterocycles. The number of aromatic nitrogens is 1. The maximum atomic E-state index is 12.7. The molecule has 3 aromatic carbocycles. The van der Waals surface area contributed by atoms with Gasteiger partial charge in [0.05, 0.1) is 30.7 Å². The van der Waals surface area contributed by atoms with E-state index in [4.69, 9.17) is 9.73 Å². The molecular weight excluding hydrogens is 400 g/mol. The van der Waals surface area contributed by atoms with Gasteiger partial charge in [-0.2, -0.15) is 0 Å². The molecule has 158 valence electrons. The summed E-state index contributed by atoms with van der Waals surface area (Å²) in [6.45, 7) is 0.421. The third-order valence-corrected chi connectivity index (χ3v) is 5.39. The van der Waals surface area contributed by atoms with Gasteiger partial charge in [0, 0.05) is 22.9 Å². The van der Waals surface area contributed by atoms with E-state index < -0.39 is 0 Å². The number of nitrogens with zero attached hydrogens (tertiary/aromatic N) is 2. The average Bonchev–Trinajstić information content (AvgIpc) is 3.07. The van der Waals surface area contributed by atoms with Gasteiger partial charge in [-0.1, -0.05) is 66.7 Å². The summed E-state index contributed by atoms with van der Waals surface area (Å²) < 4.78 is 7.65. The van der Waals surface area contributed by atoms with Crippen LogP contribution in [-0.4, -0.2) is 23.4 Å². The summed E-state index contributed by atoms with van der Waals surface area (Å²) in [5.74, 6) is 1.29. The minimum absolute atomic E-state index is 0.329. The first kappa shape index (κ1) is 19.6. The van der Waals surface area contributed by atoms with Crippen LogP contribution < -0.4 is 15.4 Å². The number of carbonyl (C=O) groups is 1. The summed E-state index contributed by atoms with van der Waals surface area (Å²) in [4.78, 5) is 17.7. The molecule has 0 atom stereocenters. The molecule has 2 amide bonds. The SMILES string of the molecule is COc1cc(NC(=O)Nc2ccccc2)n2c1CN=C(c1ccccc1)c1ccccc1-2. The molecule has 6 heteroatoms. The summed E-state index contributed by atoms with van der Waals surface area (Å²) >= 11 is 0. The zero-order chi connectivity index (χ0) is 21.9. The molecule has 0 spiro atoms. The van der Waals surface area contributed by atoms with Crippen molar-refractivity contribution in [3.63, 3.8) is 0 Å². The van der Waals surface area contributed by atoms with Crippen molar-refractivity contribution in [3.05, 3.63) is 108 Å². The molecule has 1 aliphatic rings. The van der Waals surface area contributed by atoms with E-state index >= 15 is 0 Å². The molecule has 5 rings (SSSR count). The highest BCUT2D eigenvalue weighted by Gasteiger charge is 2.25. The Bertz CT molecular complexity index is 1290. The van der Waals surface area contributed by atoms with Crippen molar-refractivity contribution in [2.45, 2.75) is 6.54 Å². The third kappa shape index (κ3) is 3.63. The van der Waals surface area contributed by atoms with E-state index in [0.717, 1.165) is 33.9 Å². The number of nitrogens with one attached hydrogen (secondary N) is 2. The quantitative estimate of drug-likeness (QED) is 0.457. The maximum Gasteiger partial charge on any atom is 0.324 e. The van der Waals surface area contributed by atoms with E-state index in [1.807, 2.05) is 77.4 Å². The van der Waals surface area contributed by atoms with E-state index in [1.165, 1.54) is 0 Å². The number of fused-ring (bicyclic) bond motifs is 3. The highest BCUT2D eigenvalue weighted by molar-refractivity contribution is 6.15. The van der Waals surface area contributed by atoms with E-state index in [1.54, 1.807) is 7.11 Å². The predicted octanol–water partition coefficient (Wildman–Crippen LogP) is 5.48. The Morgan fingerprint density at radius 3 is 2.34 bits per heavy atom. The number of urea groups is 1. The van der Waals surface area contributed by atoms with Gasteiger partial charge >= 0.3 is 6.03 Å². The minimum atomic E-state index is -0.329. The zero-order valence-electron chi connectivity index (χ0n) is 17.6. The maximum absolute atomic E-state index is 12.7. The van der Waals surface area contributed by atoms with Crippen LogP contribution in [-0.2, 0) is 6.54 Å². The summed E-state index contributed by atoms with van der Waals surface area (Å²) in [6, 6.07) is 29.0. The van der Waals surface area contributed by atoms with Crippen molar-refractivity contribution in [2.75, 3.05) is 17.7 Å². The fourth-order valence-corrected chi connectivity index (χ4v) is 3.97. The van der Waals surface area contributed by atoms with Crippen LogP contribution in [0, 0.1) is 0 Å². The van der Waals surface area contributed by atoms with Gasteiger partial charge in [-0.25, -0.2) is 4.79 Å². The first-order valence-electron chi connectivity index (χ1n) is 10.4. The Labute approximate surface area is 186 Å². The first-order valence-corrected chi connectivity index (χ1v) is 10.4. The molecule has 0 saturated carbocycles. The number of aliphatic imine (C=N–C) groups is 1. The predicted molar refractivity (Wildman–Crippen MR) is 127 cm³/mol. The largest absolute Gasteiger partial charge is 0.495 e. The molecule has 0 fully saturated rings. The minimum Gasteiger partial charge on any atom is -0.495 e. The zero-order valence-corrected chi connectivity index (χ0v) is 17.6. The summed E-state index contributed by atoms with van der Waals surface area (Å²) in [5, 5.41) is 5.84. The number of benzene rings is 3. The number of methoxy groups -OCH3 is 1. The second-order valence-corrected chi connectivity index (χ2v) is 7.37. The number of ether oxygens (including phenoxy) is 1. The van der Waals surface area contributed by atoms with Crippen LogP contribution in [0.4, 0.5) is 16.3 Å². The second-order valence-electron chi connectivity index (χ2n) is 7.37. The lowest BCUT2D eigenvalue weighted by molar-refractivity contribution is 0.262. The molecule has 0 radical (unpaired) electrons. The van der Waals surface area contributed by atoms with Gasteiger partial charge in [0.25, 0.3) is 0 Å². The van der Waals surface area contributed by atoms with E-state index in [0.29, 0.717) is 18.1 Å². The topological polar surface area (TPSA) is 67.7 Å². The molecule has 6 nitrogen and oxygen atoms in total. The summed E-state index contributed by atoms with van der Waals surface area (Å²) in [7, 11) is 1.63. The molecule has 0 aliphatic carbocycles. The molecule has 32 heavy (non-hydrogen) atoms. The van der Waals surface area contributed by atoms with Crippen molar-refractivity contribution < 1.29 is 9.53 Å². The van der Waals surface area contributed by atoms with Gasteiger partial charge in [0.15, 0.2) is 0 Å². The number of rotatable bonds is 4. The van der Waals surface area contributed by atoms with Crippen LogP contribution in [0.2, 0.25) is 0 Å². The van der Waals surface area contributed by atoms with Crippen LogP contribution in [0.3, 0.4) is 0 Å². The highest BCUT2D eigenvalue weighted by atomic mass is 16.5. The lowest BCUT2D eigenvalue weighted by Gasteiger charge is -2.16. The van der Waals surface area contributed by atoms with Crippen molar-refractivity contribution in [1.82, 2.24) is 4.57 Å². The Balaban J connectivity index is 1.58. The Hall–Kier alpha value is -4.32. The molecule has 0 bridgehead atoms. The van der Waals surface area contributed by atoms with E-state index in [9.17, 15) is 4.79 Å². The molecule has 2 N–H and O–H groups in total. The lowest BCUT2D eigenvalue weighted by atomic mass is 10.0. The number of para-hydroxylation sites is 2. The van der Waals surface area contributed by atoms with Crippen LogP contribution in [0.25, 0.3) is 5.69 Å². The Kier molecular flexibility index (Phi) is 5.17. The normalized spacial score (nSPS) is 12.1. The van der Waals surface area contributed by atoms with Gasteiger partial charge in [0.1, 0.15) is 11.6 Å². The van der Waals surface area contributed by atoms with E-state index in [-0.39, 0.29) is 6.03 Å². The van der Waals surface area contributed by atoms with Gasteiger partial charge in [-0.3, -0.25) is 14.9 Å². The average molecular weight is 422 g/mol. The molecule has 1 aliphatic heterocycles. The van der Waals surface area contributed by atoms with Crippen molar-refractivity contribution in [2.24, 2.45) is 4.99 Å². The van der Waals surface area contributed by atoms with Crippen molar-refractivity contribution in [3.8, 4) is 11.4 Å². The number of amides is 2. The fourth-order valence-electron chi connectivity index (χ4n) is 3.97. The number of carbonyl (C=O) groups excluding carboxylic acids is 1.